The van der Waals surface area contributed by atoms with E-state index in [9.17, 15) is 0 Å². The lowest BCUT2D eigenvalue weighted by Gasteiger charge is -2.33. The Morgan fingerprint density at radius 3 is 1.94 bits per heavy atom. The fraction of sp³-hybridized carbons (Fsp3) is 0.100. The predicted octanol–water partition coefficient (Wildman–Crippen LogP) is 16.8. The highest BCUT2D eigenvalue weighted by molar-refractivity contribution is 6.11. The maximum atomic E-state index is 6.60. The van der Waals surface area contributed by atoms with E-state index in [4.69, 9.17) is 4.74 Å². The fourth-order valence-corrected chi connectivity index (χ4v) is 10.0. The number of para-hydroxylation sites is 4. The molecule has 4 aliphatic rings. The van der Waals surface area contributed by atoms with Crippen molar-refractivity contribution in [2.24, 2.45) is 0 Å². The van der Waals surface area contributed by atoms with Crippen LogP contribution in [0.25, 0.3) is 44.2 Å². The first kappa shape index (κ1) is 37.9. The molecule has 7 aromatic carbocycles. The summed E-state index contributed by atoms with van der Waals surface area (Å²) < 4.78 is 9.02. The molecular formula is C60H47N3O. The number of anilines is 5. The highest BCUT2D eigenvalue weighted by atomic mass is 16.5. The molecule has 0 amide bonds. The smallest absolute Gasteiger partial charge is 0.152 e. The van der Waals surface area contributed by atoms with Crippen molar-refractivity contribution in [1.29, 1.82) is 0 Å². The van der Waals surface area contributed by atoms with Gasteiger partial charge >= 0.3 is 0 Å². The number of allylic oxidation sites excluding steroid dienone is 12. The number of fused-ring (bicyclic) bond motifs is 5. The Morgan fingerprint density at radius 1 is 0.469 bits per heavy atom. The van der Waals surface area contributed by atoms with Crippen LogP contribution in [0, 0.1) is 0 Å². The highest BCUT2D eigenvalue weighted by Crippen LogP contribution is 2.51. The molecule has 0 saturated carbocycles. The van der Waals surface area contributed by atoms with Crippen molar-refractivity contribution in [3.63, 3.8) is 0 Å². The first-order valence-corrected chi connectivity index (χ1v) is 22.7. The van der Waals surface area contributed by atoms with Gasteiger partial charge in [-0.2, -0.15) is 0 Å². The minimum Gasteiger partial charge on any atom is -0.453 e. The summed E-state index contributed by atoms with van der Waals surface area (Å²) >= 11 is 0. The molecule has 0 atom stereocenters. The maximum absolute atomic E-state index is 6.60. The van der Waals surface area contributed by atoms with Crippen molar-refractivity contribution < 1.29 is 4.74 Å². The van der Waals surface area contributed by atoms with Crippen LogP contribution in [-0.2, 0) is 0 Å². The minimum atomic E-state index is 0.839. The van der Waals surface area contributed by atoms with E-state index in [-0.39, 0.29) is 0 Å². The van der Waals surface area contributed by atoms with Gasteiger partial charge in [-0.15, -0.1) is 0 Å². The Hall–Kier alpha value is -7.82. The monoisotopic (exact) mass is 825 g/mol. The van der Waals surface area contributed by atoms with Crippen molar-refractivity contribution in [3.05, 3.63) is 235 Å². The van der Waals surface area contributed by atoms with Gasteiger partial charge in [0.1, 0.15) is 0 Å². The maximum Gasteiger partial charge on any atom is 0.152 e. The molecule has 3 aliphatic carbocycles. The summed E-state index contributed by atoms with van der Waals surface area (Å²) in [7, 11) is 0. The largest absolute Gasteiger partial charge is 0.453 e. The van der Waals surface area contributed by atoms with E-state index >= 15 is 0 Å². The summed E-state index contributed by atoms with van der Waals surface area (Å²) in [6.07, 6.45) is 24.8. The van der Waals surface area contributed by atoms with E-state index in [1.807, 2.05) is 12.1 Å². The molecule has 0 spiro atoms. The molecule has 2 heterocycles. The number of hydrogen-bond acceptors (Lipinski definition) is 3. The van der Waals surface area contributed by atoms with E-state index < -0.39 is 0 Å². The summed E-state index contributed by atoms with van der Waals surface area (Å²) in [6.45, 7) is 0. The summed E-state index contributed by atoms with van der Waals surface area (Å²) in [5.74, 6) is 1.69. The van der Waals surface area contributed by atoms with Crippen LogP contribution in [0.15, 0.2) is 229 Å². The molecule has 1 aromatic heterocycles. The number of hydrogen-bond donors (Lipinski definition) is 0. The third-order valence-electron chi connectivity index (χ3n) is 13.2. The molecule has 0 unspecified atom stereocenters. The van der Waals surface area contributed by atoms with Gasteiger partial charge < -0.3 is 19.1 Å². The Labute approximate surface area is 375 Å². The van der Waals surface area contributed by atoms with Gasteiger partial charge in [-0.3, -0.25) is 0 Å². The average molecular weight is 826 g/mol. The second-order valence-electron chi connectivity index (χ2n) is 17.1. The molecule has 1 aliphatic heterocycles. The Balaban J connectivity index is 0.966. The Morgan fingerprint density at radius 2 is 1.17 bits per heavy atom. The zero-order valence-corrected chi connectivity index (χ0v) is 35.7. The third kappa shape index (κ3) is 6.79. The number of rotatable bonds is 8. The minimum absolute atomic E-state index is 0.839. The Bertz CT molecular complexity index is 3290. The summed E-state index contributed by atoms with van der Waals surface area (Å²) in [6, 6.07) is 59.3. The summed E-state index contributed by atoms with van der Waals surface area (Å²) in [4.78, 5) is 4.77. The highest BCUT2D eigenvalue weighted by Gasteiger charge is 2.27. The van der Waals surface area contributed by atoms with Crippen LogP contribution in [0.1, 0.15) is 44.1 Å². The topological polar surface area (TPSA) is 20.6 Å². The van der Waals surface area contributed by atoms with Crippen molar-refractivity contribution in [2.75, 3.05) is 9.80 Å². The number of benzene rings is 7. The van der Waals surface area contributed by atoms with Gasteiger partial charge in [0.05, 0.1) is 22.4 Å². The number of nitrogens with zero attached hydrogens (tertiary/aromatic N) is 3. The summed E-state index contributed by atoms with van der Waals surface area (Å²) in [5, 5.41) is 2.50. The van der Waals surface area contributed by atoms with Crippen LogP contribution < -0.4 is 14.5 Å². The van der Waals surface area contributed by atoms with Gasteiger partial charge in [0, 0.05) is 39.2 Å². The van der Waals surface area contributed by atoms with Crippen molar-refractivity contribution in [2.45, 2.75) is 38.5 Å². The molecule has 0 radical (unpaired) electrons. The first-order valence-electron chi connectivity index (χ1n) is 22.7. The van der Waals surface area contributed by atoms with Gasteiger partial charge in [0.2, 0.25) is 0 Å². The van der Waals surface area contributed by atoms with E-state index in [1.54, 1.807) is 0 Å². The van der Waals surface area contributed by atoms with Crippen LogP contribution >= 0.6 is 0 Å². The Kier molecular flexibility index (Phi) is 9.56. The molecule has 8 aromatic rings. The zero-order chi connectivity index (χ0) is 42.4. The molecule has 0 N–H and O–H groups in total. The third-order valence-corrected chi connectivity index (χ3v) is 13.2. The molecule has 0 saturated heterocycles. The van der Waals surface area contributed by atoms with Gasteiger partial charge in [-0.05, 0) is 169 Å². The fourth-order valence-electron chi connectivity index (χ4n) is 10.0. The second-order valence-corrected chi connectivity index (χ2v) is 17.1. The van der Waals surface area contributed by atoms with E-state index in [2.05, 4.69) is 215 Å². The van der Waals surface area contributed by atoms with Gasteiger partial charge in [0.25, 0.3) is 0 Å². The van der Waals surface area contributed by atoms with Crippen LogP contribution in [0.2, 0.25) is 0 Å². The standard InChI is InChI=1S/C60H47N3O/c1-5-15-42(16-6-1)44-25-31-50(32-26-44)61(52-35-38-56-54(41-52)53-39-46(43-17-7-2-8-18-43)29-36-55(53)62(56)48-19-9-3-10-20-48)51-33-27-45(28-34-51)47-30-37-58-60(40-47)64-59-24-14-13-23-57(59)63(58)49-21-11-4-12-22-49/h1,3-5,7,9-15,17-25,27-31,33-41H,2,6,8,16,26,32H2. The van der Waals surface area contributed by atoms with Crippen LogP contribution in [0.4, 0.5) is 28.4 Å². The van der Waals surface area contributed by atoms with Gasteiger partial charge in [-0.25, -0.2) is 0 Å². The molecule has 12 rings (SSSR count). The predicted molar refractivity (Wildman–Crippen MR) is 268 cm³/mol. The average Bonchev–Trinajstić information content (AvgIpc) is 3.70. The molecule has 0 fully saturated rings. The van der Waals surface area contributed by atoms with Crippen molar-refractivity contribution in [3.8, 4) is 28.3 Å². The lowest BCUT2D eigenvalue weighted by Crippen LogP contribution is -2.18. The second kappa shape index (κ2) is 16.1. The van der Waals surface area contributed by atoms with Gasteiger partial charge in [0.15, 0.2) is 11.5 Å². The quantitative estimate of drug-likeness (QED) is 0.152. The normalized spacial score (nSPS) is 15.5. The molecule has 64 heavy (non-hydrogen) atoms. The molecule has 4 heteroatoms. The number of aromatic nitrogens is 1. The van der Waals surface area contributed by atoms with Crippen molar-refractivity contribution in [1.82, 2.24) is 4.57 Å². The van der Waals surface area contributed by atoms with E-state index in [0.29, 0.717) is 0 Å². The SMILES string of the molecule is C1=CCCC(C2=CC=C(N(c3ccc(-c4ccc5c(c4)Oc4ccccc4N5c4ccccc4)cc3)c3ccc4c(c3)c3cc(C5=CCCC=C5)ccc3n4-c3ccccc3)CC2)=C1. The molecule has 4 nitrogen and oxygen atoms in total. The molecule has 308 valence electrons. The van der Waals surface area contributed by atoms with Gasteiger partial charge in [-0.1, -0.05) is 115 Å². The van der Waals surface area contributed by atoms with Crippen LogP contribution in [-0.4, -0.2) is 4.57 Å². The van der Waals surface area contributed by atoms with Crippen molar-refractivity contribution >= 4 is 55.8 Å². The molecule has 0 bridgehead atoms. The van der Waals surface area contributed by atoms with Crippen LogP contribution in [0.5, 0.6) is 11.5 Å². The lowest BCUT2D eigenvalue weighted by molar-refractivity contribution is 0.477. The first-order chi connectivity index (χ1) is 31.7. The molecular weight excluding hydrogens is 779 g/mol. The lowest BCUT2D eigenvalue weighted by atomic mass is 9.90. The summed E-state index contributed by atoms with van der Waals surface area (Å²) in [5.41, 5.74) is 18.0. The van der Waals surface area contributed by atoms with E-state index in [1.165, 1.54) is 49.8 Å². The zero-order valence-electron chi connectivity index (χ0n) is 35.7. The van der Waals surface area contributed by atoms with E-state index in [0.717, 1.165) is 95.3 Å². The van der Waals surface area contributed by atoms with Crippen LogP contribution in [0.3, 0.4) is 0 Å². The number of ether oxygens (including phenoxy) is 1.